The fourth-order valence-electron chi connectivity index (χ4n) is 2.44. The lowest BCUT2D eigenvalue weighted by atomic mass is 9.84. The molecule has 1 heterocycles. The predicted octanol–water partition coefficient (Wildman–Crippen LogP) is 2.50. The second-order valence-electron chi connectivity index (χ2n) is 4.88. The average molecular weight is 282 g/mol. The van der Waals surface area contributed by atoms with Crippen LogP contribution in [0, 0.1) is 11.8 Å². The van der Waals surface area contributed by atoms with Crippen LogP contribution in [-0.2, 0) is 4.79 Å². The Morgan fingerprint density at radius 2 is 1.74 bits per heavy atom. The zero-order valence-electron chi connectivity index (χ0n) is 11.1. The molecule has 0 saturated carbocycles. The molecule has 1 aliphatic rings. The van der Waals surface area contributed by atoms with Crippen LogP contribution in [0.5, 0.6) is 0 Å². The molecule has 0 aromatic heterocycles. The lowest BCUT2D eigenvalue weighted by Crippen LogP contribution is -2.36. The molecule has 1 fully saturated rings. The van der Waals surface area contributed by atoms with E-state index in [1.165, 1.54) is 0 Å². The Bertz CT molecular complexity index is 427. The lowest BCUT2D eigenvalue weighted by molar-refractivity contribution is -0.125. The van der Waals surface area contributed by atoms with Crippen molar-refractivity contribution < 1.29 is 9.59 Å². The second kappa shape index (κ2) is 7.41. The van der Waals surface area contributed by atoms with Crippen molar-refractivity contribution in [3.8, 4) is 0 Å². The monoisotopic (exact) mass is 281 g/mol. The molecule has 1 aliphatic heterocycles. The Hall–Kier alpha value is -1.19. The summed E-state index contributed by atoms with van der Waals surface area (Å²) in [5, 5.41) is 3.23. The number of halogens is 1. The minimum absolute atomic E-state index is 0. The molecule has 0 aliphatic carbocycles. The predicted molar refractivity (Wildman–Crippen MR) is 77.8 cm³/mol. The van der Waals surface area contributed by atoms with Gasteiger partial charge in [-0.05, 0) is 32.9 Å². The molecular weight excluding hydrogens is 262 g/mol. The third kappa shape index (κ3) is 3.88. The van der Waals surface area contributed by atoms with Crippen LogP contribution in [-0.4, -0.2) is 24.7 Å². The number of hydrogen-bond acceptors (Lipinski definition) is 3. The molecule has 2 rings (SSSR count). The quantitative estimate of drug-likeness (QED) is 0.681. The maximum atomic E-state index is 12.3. The van der Waals surface area contributed by atoms with E-state index in [0.717, 1.165) is 25.9 Å². The first kappa shape index (κ1) is 15.9. The third-order valence-electron chi connectivity index (χ3n) is 3.62. The second-order valence-corrected chi connectivity index (χ2v) is 4.88. The summed E-state index contributed by atoms with van der Waals surface area (Å²) in [5.74, 6) is -0.422. The maximum absolute atomic E-state index is 12.3. The number of ketones is 2. The highest BCUT2D eigenvalue weighted by atomic mass is 35.5. The van der Waals surface area contributed by atoms with E-state index in [2.05, 4.69) is 5.32 Å². The first-order chi connectivity index (χ1) is 8.70. The van der Waals surface area contributed by atoms with Crippen LogP contribution in [0.4, 0.5) is 0 Å². The molecule has 19 heavy (non-hydrogen) atoms. The van der Waals surface area contributed by atoms with Crippen molar-refractivity contribution in [3.63, 3.8) is 0 Å². The van der Waals surface area contributed by atoms with Crippen LogP contribution < -0.4 is 5.32 Å². The normalized spacial score (nSPS) is 17.3. The van der Waals surface area contributed by atoms with Gasteiger partial charge >= 0.3 is 0 Å². The van der Waals surface area contributed by atoms with Crippen LogP contribution in [0.3, 0.4) is 0 Å². The Balaban J connectivity index is 0.00000180. The summed E-state index contributed by atoms with van der Waals surface area (Å²) < 4.78 is 0. The largest absolute Gasteiger partial charge is 0.317 e. The number of carbonyl (C=O) groups is 2. The summed E-state index contributed by atoms with van der Waals surface area (Å²) >= 11 is 0. The highest BCUT2D eigenvalue weighted by molar-refractivity contribution is 6.10. The summed E-state index contributed by atoms with van der Waals surface area (Å²) in [4.78, 5) is 24.5. The van der Waals surface area contributed by atoms with E-state index < -0.39 is 5.92 Å². The number of rotatable bonds is 4. The molecule has 0 spiro atoms. The number of hydrogen-bond donors (Lipinski definition) is 1. The fraction of sp³-hybridized carbons (Fsp3) is 0.467. The van der Waals surface area contributed by atoms with Crippen LogP contribution in [0.1, 0.15) is 30.1 Å². The van der Waals surface area contributed by atoms with Gasteiger partial charge in [0.25, 0.3) is 0 Å². The summed E-state index contributed by atoms with van der Waals surface area (Å²) in [6, 6.07) is 9.07. The molecule has 0 bridgehead atoms. The zero-order chi connectivity index (χ0) is 13.0. The van der Waals surface area contributed by atoms with Gasteiger partial charge in [-0.1, -0.05) is 30.3 Å². The number of piperidine rings is 1. The molecule has 1 atom stereocenters. The molecule has 0 radical (unpaired) electrons. The van der Waals surface area contributed by atoms with Crippen molar-refractivity contribution in [3.05, 3.63) is 35.9 Å². The number of Topliss-reactive ketones (excluding diaryl/α,β-unsaturated/α-hetero) is 2. The summed E-state index contributed by atoms with van der Waals surface area (Å²) in [6.07, 6.45) is 1.70. The van der Waals surface area contributed by atoms with Gasteiger partial charge in [0.05, 0.1) is 5.92 Å². The van der Waals surface area contributed by atoms with Gasteiger partial charge in [0.1, 0.15) is 5.78 Å². The van der Waals surface area contributed by atoms with E-state index in [9.17, 15) is 9.59 Å². The van der Waals surface area contributed by atoms with Gasteiger partial charge in [-0.2, -0.15) is 0 Å². The molecule has 1 N–H and O–H groups in total. The van der Waals surface area contributed by atoms with Crippen LogP contribution >= 0.6 is 12.4 Å². The number of benzene rings is 1. The number of carbonyl (C=O) groups excluding carboxylic acids is 2. The van der Waals surface area contributed by atoms with E-state index in [1.54, 1.807) is 19.1 Å². The van der Waals surface area contributed by atoms with Crippen molar-refractivity contribution >= 4 is 24.0 Å². The van der Waals surface area contributed by atoms with E-state index in [4.69, 9.17) is 0 Å². The molecule has 104 valence electrons. The molecular formula is C15H20ClNO2. The zero-order valence-corrected chi connectivity index (χ0v) is 11.9. The van der Waals surface area contributed by atoms with E-state index in [0.29, 0.717) is 5.56 Å². The van der Waals surface area contributed by atoms with Crippen molar-refractivity contribution in [2.24, 2.45) is 11.8 Å². The topological polar surface area (TPSA) is 46.2 Å². The van der Waals surface area contributed by atoms with Crippen LogP contribution in [0.2, 0.25) is 0 Å². The minimum atomic E-state index is -0.518. The summed E-state index contributed by atoms with van der Waals surface area (Å²) in [5.41, 5.74) is 0.632. The maximum Gasteiger partial charge on any atom is 0.173 e. The van der Waals surface area contributed by atoms with Gasteiger partial charge in [-0.25, -0.2) is 0 Å². The molecule has 1 aromatic rings. The summed E-state index contributed by atoms with van der Waals surface area (Å²) in [7, 11) is 0. The van der Waals surface area contributed by atoms with Crippen LogP contribution in [0.25, 0.3) is 0 Å². The standard InChI is InChI=1S/C15H19NO2.ClH/c1-11(14(17)12-5-3-2-4-6-12)15(18)13-7-9-16-10-8-13;/h2-6,11,13,16H,7-10H2,1H3;1H. The smallest absolute Gasteiger partial charge is 0.173 e. The van der Waals surface area contributed by atoms with E-state index in [-0.39, 0.29) is 29.9 Å². The number of nitrogens with one attached hydrogen (secondary N) is 1. The van der Waals surface area contributed by atoms with E-state index >= 15 is 0 Å². The van der Waals surface area contributed by atoms with Crippen molar-refractivity contribution in [1.29, 1.82) is 0 Å². The lowest BCUT2D eigenvalue weighted by Gasteiger charge is -2.23. The SMILES string of the molecule is CC(C(=O)c1ccccc1)C(=O)C1CCNCC1.Cl. The first-order valence-corrected chi connectivity index (χ1v) is 6.54. The fourth-order valence-corrected chi connectivity index (χ4v) is 2.44. The van der Waals surface area contributed by atoms with Crippen molar-refractivity contribution in [2.45, 2.75) is 19.8 Å². The highest BCUT2D eigenvalue weighted by Crippen LogP contribution is 2.20. The third-order valence-corrected chi connectivity index (χ3v) is 3.62. The molecule has 1 unspecified atom stereocenters. The van der Waals surface area contributed by atoms with Gasteiger partial charge in [0.15, 0.2) is 5.78 Å². The molecule has 1 saturated heterocycles. The van der Waals surface area contributed by atoms with Gasteiger partial charge in [-0.15, -0.1) is 12.4 Å². The van der Waals surface area contributed by atoms with Crippen molar-refractivity contribution in [1.82, 2.24) is 5.32 Å². The minimum Gasteiger partial charge on any atom is -0.317 e. The van der Waals surface area contributed by atoms with Gasteiger partial charge in [0, 0.05) is 11.5 Å². The first-order valence-electron chi connectivity index (χ1n) is 6.54. The Morgan fingerprint density at radius 3 is 2.32 bits per heavy atom. The Kier molecular flexibility index (Phi) is 6.19. The molecule has 4 heteroatoms. The molecule has 1 aromatic carbocycles. The highest BCUT2D eigenvalue weighted by Gasteiger charge is 2.29. The van der Waals surface area contributed by atoms with Gasteiger partial charge in [0.2, 0.25) is 0 Å². The Morgan fingerprint density at radius 1 is 1.16 bits per heavy atom. The van der Waals surface area contributed by atoms with Gasteiger partial charge in [-0.3, -0.25) is 9.59 Å². The van der Waals surface area contributed by atoms with Crippen molar-refractivity contribution in [2.75, 3.05) is 13.1 Å². The molecule has 3 nitrogen and oxygen atoms in total. The Labute approximate surface area is 120 Å². The average Bonchev–Trinajstić information content (AvgIpc) is 2.47. The summed E-state index contributed by atoms with van der Waals surface area (Å²) in [6.45, 7) is 3.49. The molecule has 0 amide bonds. The van der Waals surface area contributed by atoms with Crippen LogP contribution in [0.15, 0.2) is 30.3 Å². The van der Waals surface area contributed by atoms with Gasteiger partial charge < -0.3 is 5.32 Å². The van der Waals surface area contributed by atoms with E-state index in [1.807, 2.05) is 18.2 Å².